The van der Waals surface area contributed by atoms with Crippen molar-refractivity contribution < 1.29 is 18.0 Å². The molecule has 4 rings (SSSR count). The third kappa shape index (κ3) is 3.68. The Morgan fingerprint density at radius 1 is 1.24 bits per heavy atom. The number of halogens is 3. The van der Waals surface area contributed by atoms with Crippen LogP contribution in [0, 0.1) is 0 Å². The van der Waals surface area contributed by atoms with Crippen molar-refractivity contribution >= 4 is 11.6 Å². The maximum Gasteiger partial charge on any atom is 0.433 e. The molecule has 0 spiro atoms. The van der Waals surface area contributed by atoms with Crippen LogP contribution in [0.5, 0.6) is 0 Å². The number of alkyl halides is 3. The Morgan fingerprint density at radius 2 is 2.07 bits per heavy atom. The van der Waals surface area contributed by atoms with E-state index in [2.05, 4.69) is 15.1 Å². The predicted octanol–water partition coefficient (Wildman–Crippen LogP) is 4.07. The average Bonchev–Trinajstić information content (AvgIpc) is 3.16. The van der Waals surface area contributed by atoms with Crippen LogP contribution in [-0.2, 0) is 12.6 Å². The summed E-state index contributed by atoms with van der Waals surface area (Å²) in [4.78, 5) is 23.0. The van der Waals surface area contributed by atoms with E-state index in [1.54, 1.807) is 42.3 Å². The van der Waals surface area contributed by atoms with Crippen molar-refractivity contribution in [3.8, 4) is 0 Å². The molecule has 9 heteroatoms. The molecular weight excluding hydrogens is 383 g/mol. The second-order valence-corrected chi connectivity index (χ2v) is 7.05. The quantitative estimate of drug-likeness (QED) is 0.661. The number of aryl methyl sites for hydroxylation is 1. The molecule has 1 atom stereocenters. The van der Waals surface area contributed by atoms with E-state index in [1.165, 1.54) is 0 Å². The molecule has 29 heavy (non-hydrogen) atoms. The Balaban J connectivity index is 1.77. The third-order valence-corrected chi connectivity index (χ3v) is 5.14. The fraction of sp³-hybridized carbons (Fsp3) is 0.400. The van der Waals surface area contributed by atoms with Crippen molar-refractivity contribution in [2.45, 2.75) is 44.8 Å². The lowest BCUT2D eigenvalue weighted by molar-refractivity contribution is -0.142. The summed E-state index contributed by atoms with van der Waals surface area (Å²) >= 11 is 0. The zero-order valence-corrected chi connectivity index (χ0v) is 15.9. The summed E-state index contributed by atoms with van der Waals surface area (Å²) in [5, 5.41) is 4.22. The highest BCUT2D eigenvalue weighted by Gasteiger charge is 2.36. The first-order valence-corrected chi connectivity index (χ1v) is 9.57. The zero-order valence-electron chi connectivity index (χ0n) is 15.9. The highest BCUT2D eigenvalue weighted by molar-refractivity contribution is 5.92. The van der Waals surface area contributed by atoms with Crippen LogP contribution < -0.4 is 0 Å². The summed E-state index contributed by atoms with van der Waals surface area (Å²) in [6, 6.07) is 7.27. The van der Waals surface area contributed by atoms with Crippen molar-refractivity contribution in [1.29, 1.82) is 0 Å². The second-order valence-electron chi connectivity index (χ2n) is 7.05. The van der Waals surface area contributed by atoms with Crippen LogP contribution >= 0.6 is 0 Å². The van der Waals surface area contributed by atoms with Crippen molar-refractivity contribution in [3.05, 3.63) is 59.3 Å². The van der Waals surface area contributed by atoms with Crippen molar-refractivity contribution in [1.82, 2.24) is 24.5 Å². The predicted molar refractivity (Wildman–Crippen MR) is 99.2 cm³/mol. The maximum absolute atomic E-state index is 13.6. The standard InChI is InChI=1S/C20H20F3N5O/c1-2-13-11-17(20(21,22)23)28-18(25-13)12-15(26-28)16-8-4-6-10-27(16)19(29)14-7-3-5-9-24-14/h3,5,7,9,11-12,16H,2,4,6,8,10H2,1H3/t16-/m0/s1. The third-order valence-electron chi connectivity index (χ3n) is 5.14. The monoisotopic (exact) mass is 403 g/mol. The lowest BCUT2D eigenvalue weighted by atomic mass is 9.99. The smallest absolute Gasteiger partial charge is 0.329 e. The number of nitrogens with zero attached hydrogens (tertiary/aromatic N) is 5. The van der Waals surface area contributed by atoms with Gasteiger partial charge in [0.1, 0.15) is 11.4 Å². The summed E-state index contributed by atoms with van der Waals surface area (Å²) in [6.07, 6.45) is -0.301. The molecule has 1 aliphatic heterocycles. The van der Waals surface area contributed by atoms with Gasteiger partial charge < -0.3 is 4.90 Å². The first-order valence-electron chi connectivity index (χ1n) is 9.57. The van der Waals surface area contributed by atoms with Gasteiger partial charge in [0.2, 0.25) is 0 Å². The van der Waals surface area contributed by atoms with Crippen molar-refractivity contribution in [2.24, 2.45) is 0 Å². The fourth-order valence-corrected chi connectivity index (χ4v) is 3.71. The Morgan fingerprint density at radius 3 is 2.76 bits per heavy atom. The van der Waals surface area contributed by atoms with Gasteiger partial charge in [-0.3, -0.25) is 9.78 Å². The van der Waals surface area contributed by atoms with Gasteiger partial charge in [-0.05, 0) is 43.9 Å². The largest absolute Gasteiger partial charge is 0.433 e. The number of amides is 1. The summed E-state index contributed by atoms with van der Waals surface area (Å²) < 4.78 is 41.5. The number of carbonyl (C=O) groups excluding carboxylic acids is 1. The van der Waals surface area contributed by atoms with Gasteiger partial charge in [-0.25, -0.2) is 9.50 Å². The molecule has 0 N–H and O–H groups in total. The van der Waals surface area contributed by atoms with Crippen LogP contribution in [0.25, 0.3) is 5.65 Å². The summed E-state index contributed by atoms with van der Waals surface area (Å²) in [6.45, 7) is 2.26. The number of pyridine rings is 1. The minimum Gasteiger partial charge on any atom is -0.329 e. The number of hydrogen-bond acceptors (Lipinski definition) is 4. The number of piperidine rings is 1. The lowest BCUT2D eigenvalue weighted by Gasteiger charge is -2.34. The summed E-state index contributed by atoms with van der Waals surface area (Å²) in [7, 11) is 0. The van der Waals surface area contributed by atoms with Crippen molar-refractivity contribution in [3.63, 3.8) is 0 Å². The molecule has 0 bridgehead atoms. The summed E-state index contributed by atoms with van der Waals surface area (Å²) in [5.41, 5.74) is 0.360. The molecule has 3 aromatic rings. The molecule has 3 aromatic heterocycles. The topological polar surface area (TPSA) is 63.4 Å². The molecule has 0 aromatic carbocycles. The van der Waals surface area contributed by atoms with E-state index in [0.29, 0.717) is 36.5 Å². The van der Waals surface area contributed by atoms with Gasteiger partial charge >= 0.3 is 6.18 Å². The van der Waals surface area contributed by atoms with E-state index in [9.17, 15) is 18.0 Å². The molecule has 152 valence electrons. The molecule has 6 nitrogen and oxygen atoms in total. The highest BCUT2D eigenvalue weighted by Crippen LogP contribution is 2.34. The number of hydrogen-bond donors (Lipinski definition) is 0. The van der Waals surface area contributed by atoms with Crippen LogP contribution in [0.4, 0.5) is 13.2 Å². The molecule has 1 aliphatic rings. The van der Waals surface area contributed by atoms with Gasteiger partial charge in [0, 0.05) is 24.5 Å². The average molecular weight is 403 g/mol. The Bertz CT molecular complexity index is 1030. The number of likely N-dealkylation sites (tertiary alicyclic amines) is 1. The lowest BCUT2D eigenvalue weighted by Crippen LogP contribution is -2.39. The van der Waals surface area contributed by atoms with Gasteiger partial charge in [0.15, 0.2) is 5.65 Å². The Hall–Kier alpha value is -2.97. The highest BCUT2D eigenvalue weighted by atomic mass is 19.4. The van der Waals surface area contributed by atoms with Crippen LogP contribution in [0.3, 0.4) is 0 Å². The van der Waals surface area contributed by atoms with Gasteiger partial charge in [0.05, 0.1) is 11.7 Å². The van der Waals surface area contributed by atoms with Crippen LogP contribution in [0.15, 0.2) is 36.5 Å². The Kier molecular flexibility index (Phi) is 4.97. The van der Waals surface area contributed by atoms with E-state index < -0.39 is 17.9 Å². The molecule has 0 unspecified atom stereocenters. The molecule has 1 saturated heterocycles. The number of fused-ring (bicyclic) bond motifs is 1. The molecule has 1 fully saturated rings. The number of rotatable bonds is 3. The first kappa shape index (κ1) is 19.4. The van der Waals surface area contributed by atoms with E-state index in [4.69, 9.17) is 0 Å². The first-order chi connectivity index (χ1) is 13.9. The van der Waals surface area contributed by atoms with Crippen molar-refractivity contribution in [2.75, 3.05) is 6.54 Å². The molecule has 0 radical (unpaired) electrons. The molecule has 0 saturated carbocycles. The number of carbonyl (C=O) groups is 1. The van der Waals surface area contributed by atoms with E-state index in [1.807, 2.05) is 0 Å². The van der Waals surface area contributed by atoms with Gasteiger partial charge in [-0.2, -0.15) is 18.3 Å². The SMILES string of the molecule is CCc1cc(C(F)(F)F)n2nc([C@@H]3CCCCN3C(=O)c3ccccn3)cc2n1. The summed E-state index contributed by atoms with van der Waals surface area (Å²) in [5.74, 6) is -0.245. The van der Waals surface area contributed by atoms with Gasteiger partial charge in [0.25, 0.3) is 5.91 Å². The van der Waals surface area contributed by atoms with E-state index in [-0.39, 0.29) is 11.6 Å². The van der Waals surface area contributed by atoms with E-state index >= 15 is 0 Å². The molecule has 1 amide bonds. The van der Waals surface area contributed by atoms with Crippen LogP contribution in [0.1, 0.15) is 59.8 Å². The van der Waals surface area contributed by atoms with Crippen LogP contribution in [-0.4, -0.2) is 36.9 Å². The number of aromatic nitrogens is 4. The van der Waals surface area contributed by atoms with Crippen LogP contribution in [0.2, 0.25) is 0 Å². The molecular formula is C20H20F3N5O. The minimum atomic E-state index is -4.55. The molecule has 0 aliphatic carbocycles. The maximum atomic E-state index is 13.6. The van der Waals surface area contributed by atoms with Gasteiger partial charge in [-0.15, -0.1) is 0 Å². The van der Waals surface area contributed by atoms with E-state index in [0.717, 1.165) is 23.4 Å². The molecule has 4 heterocycles. The fourth-order valence-electron chi connectivity index (χ4n) is 3.71. The normalized spacial score (nSPS) is 17.7. The minimum absolute atomic E-state index is 0.141. The second kappa shape index (κ2) is 7.46. The van der Waals surface area contributed by atoms with Gasteiger partial charge in [-0.1, -0.05) is 13.0 Å². The zero-order chi connectivity index (χ0) is 20.6. The Labute approximate surface area is 165 Å².